The highest BCUT2D eigenvalue weighted by Gasteiger charge is 2.40. The second-order valence-corrected chi connectivity index (χ2v) is 4.67. The lowest BCUT2D eigenvalue weighted by Crippen LogP contribution is -2.31. The average molecular weight is 242 g/mol. The highest BCUT2D eigenvalue weighted by atomic mass is 35.5. The van der Waals surface area contributed by atoms with Crippen LogP contribution < -0.4 is 10.9 Å². The Morgan fingerprint density at radius 3 is 3.12 bits per heavy atom. The Balaban J connectivity index is 1.80. The Morgan fingerprint density at radius 1 is 1.56 bits per heavy atom. The third-order valence-corrected chi connectivity index (χ3v) is 3.62. The van der Waals surface area contributed by atoms with Crippen molar-refractivity contribution < 1.29 is 4.74 Å². The number of nitrogens with zero attached hydrogens (tertiary/aromatic N) is 1. The van der Waals surface area contributed by atoms with E-state index in [0.717, 1.165) is 19.3 Å². The number of halogens is 1. The molecule has 1 aromatic rings. The summed E-state index contributed by atoms with van der Waals surface area (Å²) in [7, 11) is 0. The first-order chi connectivity index (χ1) is 7.74. The van der Waals surface area contributed by atoms with Crippen molar-refractivity contribution in [1.29, 1.82) is 0 Å². The van der Waals surface area contributed by atoms with Crippen molar-refractivity contribution in [3.05, 3.63) is 21.6 Å². The van der Waals surface area contributed by atoms with Crippen LogP contribution in [0.3, 0.4) is 0 Å². The highest BCUT2D eigenvalue weighted by molar-refractivity contribution is 6.32. The number of fused-ring (bicyclic) bond motifs is 2. The Labute approximate surface area is 97.1 Å². The molecular formula is C10H12ClN3O2. The molecule has 86 valence electrons. The first kappa shape index (κ1) is 10.1. The number of H-pyrrole nitrogens is 1. The number of aromatic amines is 1. The topological polar surface area (TPSA) is 67.0 Å². The van der Waals surface area contributed by atoms with Gasteiger partial charge in [-0.1, -0.05) is 11.6 Å². The molecule has 3 atom stereocenters. The third kappa shape index (κ3) is 1.60. The van der Waals surface area contributed by atoms with Gasteiger partial charge in [0.1, 0.15) is 5.02 Å². The van der Waals surface area contributed by atoms with E-state index in [9.17, 15) is 4.79 Å². The van der Waals surface area contributed by atoms with Gasteiger partial charge in [0.15, 0.2) is 0 Å². The maximum Gasteiger partial charge on any atom is 0.285 e. The molecule has 2 bridgehead atoms. The van der Waals surface area contributed by atoms with Crippen LogP contribution in [-0.2, 0) is 4.74 Å². The van der Waals surface area contributed by atoms with E-state index in [1.54, 1.807) is 0 Å². The van der Waals surface area contributed by atoms with E-state index < -0.39 is 0 Å². The number of hydrogen-bond acceptors (Lipinski definition) is 4. The first-order valence-corrected chi connectivity index (χ1v) is 5.77. The van der Waals surface area contributed by atoms with E-state index in [1.807, 2.05) is 0 Å². The van der Waals surface area contributed by atoms with Crippen molar-refractivity contribution in [2.45, 2.75) is 37.5 Å². The second kappa shape index (κ2) is 3.75. The fourth-order valence-electron chi connectivity index (χ4n) is 2.47. The van der Waals surface area contributed by atoms with E-state index in [4.69, 9.17) is 16.3 Å². The number of rotatable bonds is 2. The van der Waals surface area contributed by atoms with Crippen LogP contribution in [0.4, 0.5) is 5.69 Å². The summed E-state index contributed by atoms with van der Waals surface area (Å²) < 4.78 is 5.72. The van der Waals surface area contributed by atoms with Gasteiger partial charge in [0, 0.05) is 0 Å². The van der Waals surface area contributed by atoms with Crippen molar-refractivity contribution in [3.63, 3.8) is 0 Å². The molecule has 0 aromatic carbocycles. The van der Waals surface area contributed by atoms with Crippen molar-refractivity contribution in [3.8, 4) is 0 Å². The van der Waals surface area contributed by atoms with Gasteiger partial charge in [-0.2, -0.15) is 5.10 Å². The van der Waals surface area contributed by atoms with Crippen LogP contribution in [0.1, 0.15) is 19.3 Å². The number of anilines is 1. The zero-order chi connectivity index (χ0) is 11.1. The second-order valence-electron chi connectivity index (χ2n) is 4.29. The molecule has 5 nitrogen and oxygen atoms in total. The minimum Gasteiger partial charge on any atom is -0.377 e. The first-order valence-electron chi connectivity index (χ1n) is 5.39. The van der Waals surface area contributed by atoms with Crippen LogP contribution >= 0.6 is 11.6 Å². The summed E-state index contributed by atoms with van der Waals surface area (Å²) in [5.74, 6) is 0. The van der Waals surface area contributed by atoms with Crippen LogP contribution in [0.15, 0.2) is 11.0 Å². The molecule has 0 aliphatic carbocycles. The minimum absolute atomic E-state index is 0.165. The van der Waals surface area contributed by atoms with E-state index >= 15 is 0 Å². The van der Waals surface area contributed by atoms with Gasteiger partial charge in [-0.15, -0.1) is 0 Å². The number of nitrogens with one attached hydrogen (secondary N) is 2. The van der Waals surface area contributed by atoms with Gasteiger partial charge in [-0.3, -0.25) is 4.79 Å². The SMILES string of the molecule is O=c1[nH]ncc(NC2CC3CCC2O3)c1Cl. The maximum absolute atomic E-state index is 11.3. The normalized spacial score (nSPS) is 31.9. The average Bonchev–Trinajstić information content (AvgIpc) is 2.86. The molecule has 2 aliphatic rings. The standard InChI is InChI=1S/C10H12ClN3O2/c11-9-7(4-12-14-10(9)15)13-6-3-5-1-2-8(6)16-5/h4-6,8H,1-3H2,(H2,13,14,15). The van der Waals surface area contributed by atoms with E-state index in [-0.39, 0.29) is 22.7 Å². The van der Waals surface area contributed by atoms with Gasteiger partial charge in [-0.05, 0) is 19.3 Å². The van der Waals surface area contributed by atoms with Crippen molar-refractivity contribution in [2.75, 3.05) is 5.32 Å². The van der Waals surface area contributed by atoms with Gasteiger partial charge >= 0.3 is 0 Å². The Morgan fingerprint density at radius 2 is 2.44 bits per heavy atom. The zero-order valence-electron chi connectivity index (χ0n) is 8.57. The lowest BCUT2D eigenvalue weighted by Gasteiger charge is -2.21. The highest BCUT2D eigenvalue weighted by Crippen LogP contribution is 2.36. The molecule has 2 N–H and O–H groups in total. The predicted molar refractivity (Wildman–Crippen MR) is 59.8 cm³/mol. The minimum atomic E-state index is -0.365. The summed E-state index contributed by atoms with van der Waals surface area (Å²) >= 11 is 5.89. The monoisotopic (exact) mass is 241 g/mol. The van der Waals surface area contributed by atoms with Crippen LogP contribution in [-0.4, -0.2) is 28.4 Å². The Hall–Kier alpha value is -1.07. The summed E-state index contributed by atoms with van der Waals surface area (Å²) in [6.07, 6.45) is 5.36. The fourth-order valence-corrected chi connectivity index (χ4v) is 2.62. The van der Waals surface area contributed by atoms with Crippen LogP contribution in [0.5, 0.6) is 0 Å². The summed E-state index contributed by atoms with van der Waals surface area (Å²) in [5.41, 5.74) is 0.224. The lowest BCUT2D eigenvalue weighted by molar-refractivity contribution is 0.102. The van der Waals surface area contributed by atoms with E-state index in [0.29, 0.717) is 11.8 Å². The molecule has 0 spiro atoms. The third-order valence-electron chi connectivity index (χ3n) is 3.24. The quantitative estimate of drug-likeness (QED) is 0.815. The fraction of sp³-hybridized carbons (Fsp3) is 0.600. The molecule has 0 amide bonds. The predicted octanol–water partition coefficient (Wildman–Crippen LogP) is 1.16. The molecule has 2 aliphatic heterocycles. The molecule has 3 rings (SSSR count). The Kier molecular flexibility index (Phi) is 2.37. The number of hydrogen-bond donors (Lipinski definition) is 2. The molecule has 3 heterocycles. The largest absolute Gasteiger partial charge is 0.377 e. The van der Waals surface area contributed by atoms with Gasteiger partial charge in [0.25, 0.3) is 5.56 Å². The van der Waals surface area contributed by atoms with Gasteiger partial charge < -0.3 is 10.1 Å². The molecule has 2 fully saturated rings. The molecule has 3 unspecified atom stereocenters. The Bertz CT molecular complexity index is 462. The maximum atomic E-state index is 11.3. The molecule has 16 heavy (non-hydrogen) atoms. The molecule has 2 saturated heterocycles. The van der Waals surface area contributed by atoms with Crippen LogP contribution in [0.25, 0.3) is 0 Å². The smallest absolute Gasteiger partial charge is 0.285 e. The molecule has 1 aromatic heterocycles. The summed E-state index contributed by atoms with van der Waals surface area (Å²) in [6.45, 7) is 0. The molecule has 0 saturated carbocycles. The van der Waals surface area contributed by atoms with Gasteiger partial charge in [-0.25, -0.2) is 5.10 Å². The number of aromatic nitrogens is 2. The van der Waals surface area contributed by atoms with Crippen molar-refractivity contribution >= 4 is 17.3 Å². The van der Waals surface area contributed by atoms with E-state index in [2.05, 4.69) is 15.5 Å². The zero-order valence-corrected chi connectivity index (χ0v) is 9.33. The summed E-state index contributed by atoms with van der Waals surface area (Å²) in [5, 5.41) is 9.42. The van der Waals surface area contributed by atoms with E-state index in [1.165, 1.54) is 6.20 Å². The summed E-state index contributed by atoms with van der Waals surface area (Å²) in [6, 6.07) is 0.250. The van der Waals surface area contributed by atoms with Gasteiger partial charge in [0.2, 0.25) is 0 Å². The van der Waals surface area contributed by atoms with Crippen molar-refractivity contribution in [2.24, 2.45) is 0 Å². The van der Waals surface area contributed by atoms with Crippen molar-refractivity contribution in [1.82, 2.24) is 10.2 Å². The molecule has 6 heteroatoms. The van der Waals surface area contributed by atoms with Crippen LogP contribution in [0.2, 0.25) is 5.02 Å². The van der Waals surface area contributed by atoms with Gasteiger partial charge in [0.05, 0.1) is 30.1 Å². The molecule has 0 radical (unpaired) electrons. The molecular weight excluding hydrogens is 230 g/mol. The summed E-state index contributed by atoms with van der Waals surface area (Å²) in [4.78, 5) is 11.3. The van der Waals surface area contributed by atoms with Crippen LogP contribution in [0, 0.1) is 0 Å². The number of ether oxygens (including phenoxy) is 1. The lowest BCUT2D eigenvalue weighted by atomic mass is 9.95.